The molecular formula is C30H29ClF6N2O. The lowest BCUT2D eigenvalue weighted by Crippen LogP contribution is -2.52. The number of amides is 1. The minimum absolute atomic E-state index is 0.0382. The van der Waals surface area contributed by atoms with Crippen molar-refractivity contribution < 1.29 is 31.1 Å². The number of alkyl halides is 6. The molecule has 3 nitrogen and oxygen atoms in total. The van der Waals surface area contributed by atoms with Crippen LogP contribution in [-0.2, 0) is 25.2 Å². The van der Waals surface area contributed by atoms with Crippen molar-refractivity contribution in [2.75, 3.05) is 13.1 Å². The first-order chi connectivity index (χ1) is 18.9. The number of benzene rings is 3. The van der Waals surface area contributed by atoms with Crippen LogP contribution in [0.5, 0.6) is 0 Å². The highest BCUT2D eigenvalue weighted by Crippen LogP contribution is 2.37. The van der Waals surface area contributed by atoms with Gasteiger partial charge in [-0.25, -0.2) is 0 Å². The van der Waals surface area contributed by atoms with Crippen molar-refractivity contribution >= 4 is 17.5 Å². The van der Waals surface area contributed by atoms with E-state index in [4.69, 9.17) is 11.6 Å². The summed E-state index contributed by atoms with van der Waals surface area (Å²) in [4.78, 5) is 14.9. The van der Waals surface area contributed by atoms with Gasteiger partial charge < -0.3 is 10.2 Å². The second-order valence-corrected chi connectivity index (χ2v) is 10.4. The summed E-state index contributed by atoms with van der Waals surface area (Å²) in [7, 11) is 0. The van der Waals surface area contributed by atoms with Gasteiger partial charge in [-0.2, -0.15) is 26.3 Å². The van der Waals surface area contributed by atoms with Gasteiger partial charge in [0.25, 0.3) is 5.91 Å². The van der Waals surface area contributed by atoms with Crippen molar-refractivity contribution in [2.24, 2.45) is 0 Å². The van der Waals surface area contributed by atoms with E-state index in [1.807, 2.05) is 54.6 Å². The monoisotopic (exact) mass is 582 g/mol. The molecule has 0 saturated carbocycles. The predicted octanol–water partition coefficient (Wildman–Crippen LogP) is 7.82. The van der Waals surface area contributed by atoms with Gasteiger partial charge in [0.05, 0.1) is 11.1 Å². The van der Waals surface area contributed by atoms with Crippen molar-refractivity contribution in [2.45, 2.75) is 56.5 Å². The standard InChI is InChI=1S/C30H29ClF6N2O/c31-27-11-5-4-9-21(27)10-6-13-38-25-12-14-39(26(19-25)15-20-7-2-1-3-8-20)28(40)22-16-23(29(32,33)34)18-24(17-22)30(35,36)37/h1-5,7-9,11,16-18,25-26,38H,6,10,12-15,19H2/t25-,26-/m0/s1. The van der Waals surface area contributed by atoms with E-state index < -0.39 is 41.0 Å². The van der Waals surface area contributed by atoms with Crippen LogP contribution in [0.15, 0.2) is 72.8 Å². The van der Waals surface area contributed by atoms with E-state index in [1.54, 1.807) is 0 Å². The zero-order valence-electron chi connectivity index (χ0n) is 21.5. The van der Waals surface area contributed by atoms with Crippen LogP contribution in [0.4, 0.5) is 26.3 Å². The quantitative estimate of drug-likeness (QED) is 0.217. The minimum atomic E-state index is -5.03. The maximum absolute atomic E-state index is 13.5. The second kappa shape index (κ2) is 12.6. The second-order valence-electron chi connectivity index (χ2n) is 10.0. The third kappa shape index (κ3) is 7.79. The number of hydrogen-bond donors (Lipinski definition) is 1. The van der Waals surface area contributed by atoms with Gasteiger partial charge in [0.15, 0.2) is 0 Å². The van der Waals surface area contributed by atoms with Crippen LogP contribution in [0, 0.1) is 0 Å². The Kier molecular flexibility index (Phi) is 9.46. The van der Waals surface area contributed by atoms with Gasteiger partial charge in [-0.05, 0) is 74.0 Å². The number of rotatable bonds is 8. The number of carbonyl (C=O) groups is 1. The zero-order chi connectivity index (χ0) is 28.9. The molecule has 3 aromatic rings. The van der Waals surface area contributed by atoms with Crippen LogP contribution in [0.25, 0.3) is 0 Å². The average Bonchev–Trinajstić information content (AvgIpc) is 2.91. The van der Waals surface area contributed by atoms with Crippen LogP contribution in [0.2, 0.25) is 5.02 Å². The summed E-state index contributed by atoms with van der Waals surface area (Å²) in [6.45, 7) is 0.903. The third-order valence-electron chi connectivity index (χ3n) is 7.14. The molecular weight excluding hydrogens is 554 g/mol. The van der Waals surface area contributed by atoms with Crippen molar-refractivity contribution in [3.05, 3.63) is 106 Å². The molecule has 0 aromatic heterocycles. The van der Waals surface area contributed by atoms with Gasteiger partial charge in [-0.15, -0.1) is 0 Å². The summed E-state index contributed by atoms with van der Waals surface area (Å²) in [5, 5.41) is 4.21. The van der Waals surface area contributed by atoms with Gasteiger partial charge in [0.2, 0.25) is 0 Å². The summed E-state index contributed by atoms with van der Waals surface area (Å²) in [6, 6.07) is 17.6. The van der Waals surface area contributed by atoms with E-state index in [2.05, 4.69) is 5.32 Å². The molecule has 10 heteroatoms. The highest BCUT2D eigenvalue weighted by atomic mass is 35.5. The zero-order valence-corrected chi connectivity index (χ0v) is 22.3. The SMILES string of the molecule is O=C(c1cc(C(F)(F)F)cc(C(F)(F)F)c1)N1CC[C@H](NCCCc2ccccc2Cl)C[C@@H]1Cc1ccccc1. The molecule has 4 rings (SSSR count). The minimum Gasteiger partial charge on any atom is -0.335 e. The smallest absolute Gasteiger partial charge is 0.335 e. The Labute approximate surface area is 234 Å². The Morgan fingerprint density at radius 3 is 2.15 bits per heavy atom. The summed E-state index contributed by atoms with van der Waals surface area (Å²) in [5.74, 6) is -0.838. The number of nitrogens with one attached hydrogen (secondary N) is 1. The van der Waals surface area contributed by atoms with Gasteiger partial charge in [-0.3, -0.25) is 4.79 Å². The molecule has 1 fully saturated rings. The van der Waals surface area contributed by atoms with Gasteiger partial charge in [0.1, 0.15) is 0 Å². The molecule has 3 aromatic carbocycles. The lowest BCUT2D eigenvalue weighted by molar-refractivity contribution is -0.143. The van der Waals surface area contributed by atoms with Crippen LogP contribution < -0.4 is 5.32 Å². The number of nitrogens with zero attached hydrogens (tertiary/aromatic N) is 1. The van der Waals surface area contributed by atoms with Gasteiger partial charge >= 0.3 is 12.4 Å². The molecule has 40 heavy (non-hydrogen) atoms. The largest absolute Gasteiger partial charge is 0.416 e. The maximum Gasteiger partial charge on any atom is 0.416 e. The molecule has 2 atom stereocenters. The van der Waals surface area contributed by atoms with E-state index in [-0.39, 0.29) is 18.7 Å². The Bertz CT molecular complexity index is 1260. The summed E-state index contributed by atoms with van der Waals surface area (Å²) < 4.78 is 80.6. The Morgan fingerprint density at radius 1 is 0.900 bits per heavy atom. The fraction of sp³-hybridized carbons (Fsp3) is 0.367. The molecule has 0 radical (unpaired) electrons. The van der Waals surface area contributed by atoms with Crippen molar-refractivity contribution in [3.63, 3.8) is 0 Å². The van der Waals surface area contributed by atoms with Crippen molar-refractivity contribution in [1.82, 2.24) is 10.2 Å². The number of piperidine rings is 1. The molecule has 214 valence electrons. The van der Waals surface area contributed by atoms with Gasteiger partial charge in [-0.1, -0.05) is 60.1 Å². The molecule has 0 aliphatic carbocycles. The third-order valence-corrected chi connectivity index (χ3v) is 7.51. The first-order valence-corrected chi connectivity index (χ1v) is 13.4. The molecule has 1 aliphatic heterocycles. The van der Waals surface area contributed by atoms with E-state index in [1.165, 1.54) is 4.90 Å². The summed E-state index contributed by atoms with van der Waals surface area (Å²) >= 11 is 6.23. The normalized spacial score (nSPS) is 18.1. The highest BCUT2D eigenvalue weighted by molar-refractivity contribution is 6.31. The molecule has 1 amide bonds. The fourth-order valence-corrected chi connectivity index (χ4v) is 5.34. The molecule has 1 heterocycles. The van der Waals surface area contributed by atoms with E-state index >= 15 is 0 Å². The van der Waals surface area contributed by atoms with Crippen LogP contribution in [0.1, 0.15) is 51.9 Å². The number of likely N-dealkylation sites (tertiary alicyclic amines) is 1. The molecule has 0 bridgehead atoms. The van der Waals surface area contributed by atoms with Crippen molar-refractivity contribution in [3.8, 4) is 0 Å². The first-order valence-electron chi connectivity index (χ1n) is 13.0. The summed E-state index contributed by atoms with van der Waals surface area (Å²) in [5.41, 5.74) is -1.65. The maximum atomic E-state index is 13.5. The molecule has 1 aliphatic rings. The van der Waals surface area contributed by atoms with E-state index in [9.17, 15) is 31.1 Å². The van der Waals surface area contributed by atoms with Crippen molar-refractivity contribution in [1.29, 1.82) is 0 Å². The van der Waals surface area contributed by atoms with Crippen LogP contribution >= 0.6 is 11.6 Å². The van der Waals surface area contributed by atoms with Crippen LogP contribution in [-0.4, -0.2) is 36.0 Å². The Balaban J connectivity index is 1.51. The first kappa shape index (κ1) is 29.9. The number of hydrogen-bond acceptors (Lipinski definition) is 2. The Morgan fingerprint density at radius 2 is 1.52 bits per heavy atom. The topological polar surface area (TPSA) is 32.3 Å². The molecule has 1 saturated heterocycles. The molecule has 0 unspecified atom stereocenters. The molecule has 0 spiro atoms. The lowest BCUT2D eigenvalue weighted by atomic mass is 9.91. The number of aryl methyl sites for hydroxylation is 1. The number of carbonyl (C=O) groups excluding carboxylic acids is 1. The van der Waals surface area contributed by atoms with E-state index in [0.29, 0.717) is 43.0 Å². The predicted molar refractivity (Wildman–Crippen MR) is 142 cm³/mol. The van der Waals surface area contributed by atoms with Gasteiger partial charge in [0, 0.05) is 29.2 Å². The fourth-order valence-electron chi connectivity index (χ4n) is 5.11. The lowest BCUT2D eigenvalue weighted by Gasteiger charge is -2.40. The average molecular weight is 583 g/mol. The highest BCUT2D eigenvalue weighted by Gasteiger charge is 2.39. The summed E-state index contributed by atoms with van der Waals surface area (Å²) in [6.07, 6.45) is -6.98. The number of halogens is 7. The Hall–Kier alpha value is -3.04. The van der Waals surface area contributed by atoms with E-state index in [0.717, 1.165) is 24.0 Å². The van der Waals surface area contributed by atoms with Crippen LogP contribution in [0.3, 0.4) is 0 Å². The molecule has 1 N–H and O–H groups in total.